The second-order valence-corrected chi connectivity index (χ2v) is 7.65. The molecular formula is C22H14ClN3O3S. The second-order valence-electron chi connectivity index (χ2n) is 6.82. The Kier molecular flexibility index (Phi) is 4.42. The molecule has 5 rings (SSSR count). The van der Waals surface area contributed by atoms with Gasteiger partial charge in [-0.3, -0.25) is 0 Å². The maximum Gasteiger partial charge on any atom is 0.347 e. The number of nitrogens with two attached hydrogens (primary N) is 1. The van der Waals surface area contributed by atoms with Crippen LogP contribution in [0.1, 0.15) is 22.6 Å². The number of H-pyrrole nitrogens is 1. The molecule has 0 spiro atoms. The normalized spacial score (nSPS) is 15.4. The van der Waals surface area contributed by atoms with E-state index in [1.807, 2.05) is 36.4 Å². The molecule has 0 bridgehead atoms. The van der Waals surface area contributed by atoms with Crippen LogP contribution in [0.3, 0.4) is 0 Å². The monoisotopic (exact) mass is 435 g/mol. The standard InChI is InChI=1S/C22H14ClN3O3S/c23-13-7-5-11(6-8-13)14-10-17(28-20-18(14)19(24)25-22(30)26-20)15-9-12-3-1-2-4-16(12)29-21(15)27/h1-10,14H,(H3,24,25,26,30). The lowest BCUT2D eigenvalue weighted by Crippen LogP contribution is -2.18. The van der Waals surface area contributed by atoms with Crippen LogP contribution in [0.2, 0.25) is 5.02 Å². The molecule has 2 aromatic heterocycles. The predicted molar refractivity (Wildman–Crippen MR) is 118 cm³/mol. The minimum absolute atomic E-state index is 0.188. The molecule has 8 heteroatoms. The first-order valence-electron chi connectivity index (χ1n) is 9.08. The Morgan fingerprint density at radius 2 is 1.90 bits per heavy atom. The highest BCUT2D eigenvalue weighted by atomic mass is 35.5. The minimum Gasteiger partial charge on any atom is -0.438 e. The Hall–Kier alpha value is -3.42. The Labute approximate surface area is 180 Å². The minimum atomic E-state index is -0.507. The number of nitrogen functional groups attached to an aromatic ring is 1. The van der Waals surface area contributed by atoms with Gasteiger partial charge in [0, 0.05) is 16.3 Å². The molecule has 2 aromatic carbocycles. The smallest absolute Gasteiger partial charge is 0.347 e. The van der Waals surface area contributed by atoms with Crippen LogP contribution in [-0.4, -0.2) is 9.97 Å². The Bertz CT molecular complexity index is 1440. The number of nitrogens with zero attached hydrogens (tertiary/aromatic N) is 1. The fourth-order valence-corrected chi connectivity index (χ4v) is 3.86. The summed E-state index contributed by atoms with van der Waals surface area (Å²) in [6, 6.07) is 16.4. The van der Waals surface area contributed by atoms with Crippen LogP contribution in [0, 0.1) is 4.77 Å². The van der Waals surface area contributed by atoms with Crippen molar-refractivity contribution in [3.8, 4) is 5.88 Å². The molecule has 0 radical (unpaired) electrons. The molecule has 0 amide bonds. The van der Waals surface area contributed by atoms with Crippen LogP contribution in [0.15, 0.2) is 69.9 Å². The van der Waals surface area contributed by atoms with Gasteiger partial charge in [0.1, 0.15) is 22.7 Å². The number of hydrogen-bond donors (Lipinski definition) is 2. The summed E-state index contributed by atoms with van der Waals surface area (Å²) in [5.41, 5.74) is 8.04. The van der Waals surface area contributed by atoms with Crippen LogP contribution < -0.4 is 16.1 Å². The molecule has 0 saturated heterocycles. The van der Waals surface area contributed by atoms with Gasteiger partial charge in [0.25, 0.3) is 0 Å². The van der Waals surface area contributed by atoms with Gasteiger partial charge in [-0.15, -0.1) is 0 Å². The summed E-state index contributed by atoms with van der Waals surface area (Å²) in [4.78, 5) is 19.8. The van der Waals surface area contributed by atoms with Crippen molar-refractivity contribution in [2.45, 2.75) is 5.92 Å². The summed E-state index contributed by atoms with van der Waals surface area (Å²) >= 11 is 11.2. The highest BCUT2D eigenvalue weighted by Gasteiger charge is 2.29. The molecule has 1 aliphatic rings. The van der Waals surface area contributed by atoms with Crippen LogP contribution in [0.5, 0.6) is 5.88 Å². The number of halogens is 1. The van der Waals surface area contributed by atoms with Crippen molar-refractivity contribution in [1.29, 1.82) is 0 Å². The topological polar surface area (TPSA) is 94.1 Å². The average molecular weight is 436 g/mol. The van der Waals surface area contributed by atoms with E-state index in [2.05, 4.69) is 9.97 Å². The van der Waals surface area contributed by atoms with E-state index in [1.54, 1.807) is 24.3 Å². The van der Waals surface area contributed by atoms with Crippen LogP contribution >= 0.6 is 23.8 Å². The number of hydrogen-bond acceptors (Lipinski definition) is 6. The van der Waals surface area contributed by atoms with E-state index in [0.717, 1.165) is 10.9 Å². The van der Waals surface area contributed by atoms with E-state index in [4.69, 9.17) is 38.7 Å². The summed E-state index contributed by atoms with van der Waals surface area (Å²) in [6.07, 6.45) is 1.82. The van der Waals surface area contributed by atoms with Crippen molar-refractivity contribution in [2.75, 3.05) is 5.73 Å². The summed E-state index contributed by atoms with van der Waals surface area (Å²) in [7, 11) is 0. The zero-order valence-electron chi connectivity index (χ0n) is 15.4. The molecule has 1 aliphatic heterocycles. The van der Waals surface area contributed by atoms with E-state index in [-0.39, 0.29) is 22.1 Å². The number of nitrogens with one attached hydrogen (secondary N) is 1. The van der Waals surface area contributed by atoms with Crippen molar-refractivity contribution < 1.29 is 9.15 Å². The fraction of sp³-hybridized carbons (Fsp3) is 0.0455. The number of allylic oxidation sites excluding steroid dienone is 1. The number of aromatic amines is 1. The molecule has 1 unspecified atom stereocenters. The summed E-state index contributed by atoms with van der Waals surface area (Å²) in [5, 5.41) is 1.40. The Morgan fingerprint density at radius 3 is 2.70 bits per heavy atom. The van der Waals surface area contributed by atoms with Crippen molar-refractivity contribution in [3.63, 3.8) is 0 Å². The van der Waals surface area contributed by atoms with Crippen LogP contribution in [-0.2, 0) is 0 Å². The first-order chi connectivity index (χ1) is 14.5. The molecule has 3 heterocycles. The zero-order valence-corrected chi connectivity index (χ0v) is 17.0. The first kappa shape index (κ1) is 18.6. The lowest BCUT2D eigenvalue weighted by Gasteiger charge is -2.25. The van der Waals surface area contributed by atoms with Gasteiger partial charge in [-0.25, -0.2) is 4.79 Å². The zero-order chi connectivity index (χ0) is 20.8. The van der Waals surface area contributed by atoms with Crippen LogP contribution in [0.25, 0.3) is 16.7 Å². The van der Waals surface area contributed by atoms with E-state index in [0.29, 0.717) is 27.7 Å². The fourth-order valence-electron chi connectivity index (χ4n) is 3.54. The van der Waals surface area contributed by atoms with E-state index < -0.39 is 5.63 Å². The number of rotatable bonds is 2. The van der Waals surface area contributed by atoms with Crippen molar-refractivity contribution in [1.82, 2.24) is 9.97 Å². The van der Waals surface area contributed by atoms with Gasteiger partial charge in [-0.2, -0.15) is 4.98 Å². The quantitative estimate of drug-likeness (QED) is 0.338. The third kappa shape index (κ3) is 3.18. The number of ether oxygens (including phenoxy) is 1. The van der Waals surface area contributed by atoms with E-state index in [1.165, 1.54) is 0 Å². The maximum atomic E-state index is 12.7. The third-order valence-electron chi connectivity index (χ3n) is 4.94. The molecule has 148 valence electrons. The Balaban J connectivity index is 1.74. The van der Waals surface area contributed by atoms with Crippen molar-refractivity contribution in [3.05, 3.63) is 97.6 Å². The largest absolute Gasteiger partial charge is 0.438 e. The van der Waals surface area contributed by atoms with Gasteiger partial charge >= 0.3 is 5.63 Å². The molecule has 6 nitrogen and oxygen atoms in total. The molecule has 0 fully saturated rings. The number of fused-ring (bicyclic) bond motifs is 2. The number of para-hydroxylation sites is 1. The van der Waals surface area contributed by atoms with Gasteiger partial charge in [-0.05, 0) is 48.1 Å². The first-order valence-corrected chi connectivity index (χ1v) is 9.86. The summed E-state index contributed by atoms with van der Waals surface area (Å²) < 4.78 is 11.6. The lowest BCUT2D eigenvalue weighted by atomic mass is 9.89. The van der Waals surface area contributed by atoms with Crippen molar-refractivity contribution >= 4 is 46.4 Å². The molecule has 0 aliphatic carbocycles. The molecule has 30 heavy (non-hydrogen) atoms. The van der Waals surface area contributed by atoms with E-state index >= 15 is 0 Å². The number of benzene rings is 2. The Morgan fingerprint density at radius 1 is 1.13 bits per heavy atom. The number of anilines is 1. The van der Waals surface area contributed by atoms with Gasteiger partial charge < -0.3 is 19.9 Å². The lowest BCUT2D eigenvalue weighted by molar-refractivity contribution is 0.462. The summed E-state index contributed by atoms with van der Waals surface area (Å²) in [5.74, 6) is 0.604. The molecule has 3 N–H and O–H groups in total. The van der Waals surface area contributed by atoms with Gasteiger partial charge in [0.2, 0.25) is 10.7 Å². The average Bonchev–Trinajstić information content (AvgIpc) is 2.72. The highest BCUT2D eigenvalue weighted by Crippen LogP contribution is 2.42. The SMILES string of the molecule is Nc1[nH]c(=S)nc2c1C(c1ccc(Cl)cc1)C=C(c1cc3ccccc3oc1=O)O2. The third-order valence-corrected chi connectivity index (χ3v) is 5.38. The highest BCUT2D eigenvalue weighted by molar-refractivity contribution is 7.71. The molecular weight excluding hydrogens is 422 g/mol. The number of aromatic nitrogens is 2. The predicted octanol–water partition coefficient (Wildman–Crippen LogP) is 5.05. The summed E-state index contributed by atoms with van der Waals surface area (Å²) in [6.45, 7) is 0. The second kappa shape index (κ2) is 7.12. The van der Waals surface area contributed by atoms with Crippen molar-refractivity contribution in [2.24, 2.45) is 0 Å². The van der Waals surface area contributed by atoms with Gasteiger partial charge in [0.15, 0.2) is 0 Å². The van der Waals surface area contributed by atoms with E-state index in [9.17, 15) is 4.79 Å². The van der Waals surface area contributed by atoms with Gasteiger partial charge in [-0.1, -0.05) is 41.9 Å². The molecule has 0 saturated carbocycles. The van der Waals surface area contributed by atoms with Gasteiger partial charge in [0.05, 0.1) is 5.56 Å². The molecule has 1 atom stereocenters. The van der Waals surface area contributed by atoms with Crippen LogP contribution in [0.4, 0.5) is 5.82 Å². The maximum absolute atomic E-state index is 12.7. The molecule has 4 aromatic rings.